The van der Waals surface area contributed by atoms with Crippen LogP contribution in [-0.2, 0) is 23.1 Å². The van der Waals surface area contributed by atoms with Gasteiger partial charge in [0.1, 0.15) is 11.5 Å². The minimum Gasteiger partial charge on any atom is -0.380 e. The second-order valence-corrected chi connectivity index (χ2v) is 10.7. The third kappa shape index (κ3) is 5.48. The number of pyridine rings is 2. The van der Waals surface area contributed by atoms with E-state index in [1.165, 1.54) is 0 Å². The molecule has 210 valence electrons. The van der Waals surface area contributed by atoms with E-state index < -0.39 is 13.0 Å². The average molecular weight is 548 g/mol. The molecule has 0 unspecified atom stereocenters. The Morgan fingerprint density at radius 3 is 2.75 bits per heavy atom. The van der Waals surface area contributed by atoms with Gasteiger partial charge in [-0.3, -0.25) is 9.20 Å². The number of benzene rings is 1. The molecule has 0 aliphatic carbocycles. The molecule has 2 N–H and O–H groups in total. The molecule has 0 saturated carbocycles. The van der Waals surface area contributed by atoms with E-state index >= 15 is 0 Å². The Balaban J connectivity index is 1.53. The molecule has 9 heteroatoms. The fraction of sp³-hybridized carbons (Fsp3) is 0.387. The molecular weight excluding hydrogens is 512 g/mol. The van der Waals surface area contributed by atoms with Gasteiger partial charge in [-0.05, 0) is 67.6 Å². The molecule has 40 heavy (non-hydrogen) atoms. The maximum atomic E-state index is 13.0. The standard InChI is InChI=1S/C31H35F2N5O2/c1-5-21-22(26-16-35-29-14-19(2)10-12-38(26)29)6-8-24(30(21)20(3)39)36-28-9-7-23(31(4)11-13-40-18-31)25(37-28)15-34-17-27(32)33/h6-10,12,14,16,27,34H,5,11,13,15,17-18H2,1-4H3,(H,36,37)/t31-/m1/s1. The van der Waals surface area contributed by atoms with Crippen molar-refractivity contribution in [1.29, 1.82) is 0 Å². The molecule has 4 aromatic rings. The molecule has 0 amide bonds. The number of hydrogen-bond acceptors (Lipinski definition) is 6. The maximum absolute atomic E-state index is 13.0. The number of carbonyl (C=O) groups is 1. The van der Waals surface area contributed by atoms with Crippen molar-refractivity contribution in [1.82, 2.24) is 19.7 Å². The van der Waals surface area contributed by atoms with Crippen molar-refractivity contribution in [3.05, 3.63) is 76.7 Å². The van der Waals surface area contributed by atoms with Gasteiger partial charge in [0.05, 0.1) is 36.4 Å². The molecule has 0 bridgehead atoms. The number of halogens is 2. The first kappa shape index (κ1) is 27.9. The molecule has 1 aliphatic heterocycles. The van der Waals surface area contributed by atoms with Gasteiger partial charge in [-0.2, -0.15) is 0 Å². The van der Waals surface area contributed by atoms with Crippen molar-refractivity contribution < 1.29 is 18.3 Å². The van der Waals surface area contributed by atoms with E-state index in [0.717, 1.165) is 40.0 Å². The summed E-state index contributed by atoms with van der Waals surface area (Å²) in [6.45, 7) is 8.75. The van der Waals surface area contributed by atoms with Crippen LogP contribution in [0.5, 0.6) is 0 Å². The Labute approximate surface area is 233 Å². The topological polar surface area (TPSA) is 80.6 Å². The Bertz CT molecular complexity index is 1540. The lowest BCUT2D eigenvalue weighted by Gasteiger charge is -2.26. The van der Waals surface area contributed by atoms with Gasteiger partial charge in [0.15, 0.2) is 5.78 Å². The quantitative estimate of drug-likeness (QED) is 0.229. The number of nitrogens with one attached hydrogen (secondary N) is 2. The van der Waals surface area contributed by atoms with Crippen molar-refractivity contribution in [2.24, 2.45) is 0 Å². The van der Waals surface area contributed by atoms with Gasteiger partial charge in [0, 0.05) is 35.9 Å². The summed E-state index contributed by atoms with van der Waals surface area (Å²) < 4.78 is 33.4. The Morgan fingerprint density at radius 2 is 2.05 bits per heavy atom. The van der Waals surface area contributed by atoms with Gasteiger partial charge in [-0.1, -0.05) is 26.0 Å². The number of rotatable bonds is 10. The van der Waals surface area contributed by atoms with Crippen molar-refractivity contribution in [3.8, 4) is 11.3 Å². The van der Waals surface area contributed by atoms with Crippen molar-refractivity contribution >= 4 is 22.9 Å². The van der Waals surface area contributed by atoms with Crippen LogP contribution in [0.3, 0.4) is 0 Å². The zero-order valence-electron chi connectivity index (χ0n) is 23.4. The number of hydrogen-bond donors (Lipinski definition) is 2. The normalized spacial score (nSPS) is 17.2. The summed E-state index contributed by atoms with van der Waals surface area (Å²) in [6.07, 6.45) is 2.87. The second kappa shape index (κ2) is 11.4. The second-order valence-electron chi connectivity index (χ2n) is 10.7. The van der Waals surface area contributed by atoms with Gasteiger partial charge >= 0.3 is 0 Å². The third-order valence-corrected chi connectivity index (χ3v) is 7.66. The summed E-state index contributed by atoms with van der Waals surface area (Å²) in [5.41, 5.74) is 7.46. The monoisotopic (exact) mass is 547 g/mol. The van der Waals surface area contributed by atoms with E-state index in [1.54, 1.807) is 6.92 Å². The number of ether oxygens (including phenoxy) is 1. The molecule has 5 rings (SSSR count). The molecule has 0 spiro atoms. The number of fused-ring (bicyclic) bond motifs is 1. The Hall–Kier alpha value is -3.69. The van der Waals surface area contributed by atoms with Crippen molar-refractivity contribution in [3.63, 3.8) is 0 Å². The van der Waals surface area contributed by atoms with E-state index in [9.17, 15) is 13.6 Å². The van der Waals surface area contributed by atoms with Gasteiger partial charge in [0.2, 0.25) is 0 Å². The van der Waals surface area contributed by atoms with Crippen LogP contribution in [0.25, 0.3) is 16.9 Å². The van der Waals surface area contributed by atoms with Crippen LogP contribution in [-0.4, -0.2) is 46.3 Å². The first-order chi connectivity index (χ1) is 19.2. The van der Waals surface area contributed by atoms with E-state index in [4.69, 9.17) is 9.72 Å². The van der Waals surface area contributed by atoms with Crippen molar-refractivity contribution in [2.75, 3.05) is 25.1 Å². The number of ketones is 1. The van der Waals surface area contributed by atoms with E-state index in [-0.39, 0.29) is 17.7 Å². The van der Waals surface area contributed by atoms with E-state index in [2.05, 4.69) is 22.5 Å². The van der Waals surface area contributed by atoms with Crippen LogP contribution in [0.1, 0.15) is 59.9 Å². The molecule has 4 heterocycles. The summed E-state index contributed by atoms with van der Waals surface area (Å²) in [5, 5.41) is 6.17. The maximum Gasteiger partial charge on any atom is 0.250 e. The zero-order chi connectivity index (χ0) is 28.4. The molecule has 1 fully saturated rings. The summed E-state index contributed by atoms with van der Waals surface area (Å²) in [6, 6.07) is 11.8. The lowest BCUT2D eigenvalue weighted by Crippen LogP contribution is -2.28. The third-order valence-electron chi connectivity index (χ3n) is 7.66. The zero-order valence-corrected chi connectivity index (χ0v) is 23.4. The van der Waals surface area contributed by atoms with Crippen molar-refractivity contribution in [2.45, 2.75) is 58.9 Å². The smallest absolute Gasteiger partial charge is 0.250 e. The minimum atomic E-state index is -2.45. The lowest BCUT2D eigenvalue weighted by atomic mass is 9.81. The first-order valence-corrected chi connectivity index (χ1v) is 13.6. The fourth-order valence-corrected chi connectivity index (χ4v) is 5.62. The predicted octanol–water partition coefficient (Wildman–Crippen LogP) is 6.25. The van der Waals surface area contributed by atoms with Crippen LogP contribution in [0.15, 0.2) is 48.8 Å². The Morgan fingerprint density at radius 1 is 1.23 bits per heavy atom. The molecule has 1 saturated heterocycles. The largest absolute Gasteiger partial charge is 0.380 e. The molecule has 1 aliphatic rings. The van der Waals surface area contributed by atoms with E-state index in [1.807, 2.05) is 67.0 Å². The van der Waals surface area contributed by atoms with Gasteiger partial charge < -0.3 is 15.4 Å². The number of aromatic nitrogens is 3. The number of carbonyl (C=O) groups excluding carboxylic acids is 1. The number of Topliss-reactive ketones (excluding diaryl/α,β-unsaturated/α-hetero) is 1. The molecule has 0 radical (unpaired) electrons. The number of anilines is 2. The SMILES string of the molecule is CCc1c(-c2cnc3cc(C)ccn23)ccc(Nc2ccc([C@]3(C)CCOC3)c(CNCC(F)F)n2)c1C(C)=O. The molecule has 3 aromatic heterocycles. The summed E-state index contributed by atoms with van der Waals surface area (Å²) in [5.74, 6) is 0.486. The highest BCUT2D eigenvalue weighted by Crippen LogP contribution is 2.37. The summed E-state index contributed by atoms with van der Waals surface area (Å²) >= 11 is 0. The van der Waals surface area contributed by atoms with Crippen LogP contribution >= 0.6 is 0 Å². The Kier molecular flexibility index (Phi) is 7.96. The highest BCUT2D eigenvalue weighted by atomic mass is 19.3. The molecule has 1 aromatic carbocycles. The summed E-state index contributed by atoms with van der Waals surface area (Å²) in [7, 11) is 0. The molecule has 7 nitrogen and oxygen atoms in total. The lowest BCUT2D eigenvalue weighted by molar-refractivity contribution is 0.101. The van der Waals surface area contributed by atoms with Crippen LogP contribution in [0, 0.1) is 6.92 Å². The number of imidazole rings is 1. The highest BCUT2D eigenvalue weighted by molar-refractivity contribution is 6.03. The average Bonchev–Trinajstić information content (AvgIpc) is 3.54. The minimum absolute atomic E-state index is 0.0584. The highest BCUT2D eigenvalue weighted by Gasteiger charge is 2.34. The first-order valence-electron chi connectivity index (χ1n) is 13.6. The van der Waals surface area contributed by atoms with Gasteiger partial charge in [0.25, 0.3) is 6.43 Å². The molecule has 1 atom stereocenters. The fourth-order valence-electron chi connectivity index (χ4n) is 5.62. The van der Waals surface area contributed by atoms with Crippen LogP contribution < -0.4 is 10.6 Å². The van der Waals surface area contributed by atoms with E-state index in [0.29, 0.717) is 42.4 Å². The van der Waals surface area contributed by atoms with Crippen LogP contribution in [0.2, 0.25) is 0 Å². The molecular formula is C31H35F2N5O2. The number of nitrogens with zero attached hydrogens (tertiary/aromatic N) is 3. The number of aryl methyl sites for hydroxylation is 1. The van der Waals surface area contributed by atoms with Crippen LogP contribution in [0.4, 0.5) is 20.3 Å². The van der Waals surface area contributed by atoms with Gasteiger partial charge in [-0.15, -0.1) is 0 Å². The van der Waals surface area contributed by atoms with Gasteiger partial charge in [-0.25, -0.2) is 18.7 Å². The summed E-state index contributed by atoms with van der Waals surface area (Å²) in [4.78, 5) is 22.4. The predicted molar refractivity (Wildman–Crippen MR) is 153 cm³/mol. The number of alkyl halides is 2.